The van der Waals surface area contributed by atoms with E-state index in [1.54, 1.807) is 6.07 Å². The first-order valence-electron chi connectivity index (χ1n) is 11.3. The van der Waals surface area contributed by atoms with Crippen LogP contribution in [0.15, 0.2) is 47.4 Å². The molecule has 170 valence electrons. The predicted octanol–water partition coefficient (Wildman–Crippen LogP) is 4.12. The quantitative estimate of drug-likeness (QED) is 0.677. The Morgan fingerprint density at radius 2 is 1.84 bits per heavy atom. The molecule has 3 N–H and O–H groups in total. The zero-order valence-electron chi connectivity index (χ0n) is 18.2. The van der Waals surface area contributed by atoms with Gasteiger partial charge in [0.2, 0.25) is 10.0 Å². The molecule has 2 aromatic rings. The molecule has 0 amide bonds. The Morgan fingerprint density at radius 3 is 2.56 bits per heavy atom. The Bertz CT molecular complexity index is 1160. The molecule has 32 heavy (non-hydrogen) atoms. The molecule has 0 heterocycles. The van der Waals surface area contributed by atoms with Crippen molar-refractivity contribution in [2.45, 2.75) is 62.4 Å². The van der Waals surface area contributed by atoms with Crippen molar-refractivity contribution in [1.29, 1.82) is 0 Å². The number of carbonyl (C=O) groups is 1. The van der Waals surface area contributed by atoms with Crippen molar-refractivity contribution >= 4 is 16.0 Å². The maximum atomic E-state index is 12.8. The molecule has 0 saturated heterocycles. The smallest absolute Gasteiger partial charge is 0.338 e. The summed E-state index contributed by atoms with van der Waals surface area (Å²) in [5, 5.41) is 15.0. The van der Waals surface area contributed by atoms with Gasteiger partial charge in [-0.2, -0.15) is 0 Å². The molecular formula is C25H29NO5S. The number of carbonyl (C=O) groups excluding carboxylic acids is 1. The first-order chi connectivity index (χ1) is 15.2. The van der Waals surface area contributed by atoms with E-state index in [1.807, 2.05) is 6.07 Å². The molecular weight excluding hydrogens is 426 g/mol. The molecule has 2 aromatic carbocycles. The third-order valence-electron chi connectivity index (χ3n) is 8.29. The fourth-order valence-electron chi connectivity index (χ4n) is 6.69. The molecule has 0 aromatic heterocycles. The van der Waals surface area contributed by atoms with Gasteiger partial charge in [-0.25, -0.2) is 18.4 Å². The van der Waals surface area contributed by atoms with E-state index in [2.05, 4.69) is 13.0 Å². The summed E-state index contributed by atoms with van der Waals surface area (Å²) >= 11 is 0. The van der Waals surface area contributed by atoms with E-state index in [-0.39, 0.29) is 16.4 Å². The third-order valence-corrected chi connectivity index (χ3v) is 9.22. The van der Waals surface area contributed by atoms with Gasteiger partial charge in [0.25, 0.3) is 0 Å². The summed E-state index contributed by atoms with van der Waals surface area (Å²) in [6.45, 7) is 2.27. The van der Waals surface area contributed by atoms with Crippen LogP contribution in [0.25, 0.3) is 0 Å². The topological polar surface area (TPSA) is 107 Å². The third kappa shape index (κ3) is 3.52. The van der Waals surface area contributed by atoms with E-state index < -0.39 is 16.0 Å². The van der Waals surface area contributed by atoms with Crippen LogP contribution in [0, 0.1) is 17.3 Å². The minimum atomic E-state index is -3.79. The van der Waals surface area contributed by atoms with Crippen LogP contribution < -0.4 is 5.14 Å². The van der Waals surface area contributed by atoms with Gasteiger partial charge in [0.1, 0.15) is 11.9 Å². The van der Waals surface area contributed by atoms with Gasteiger partial charge in [-0.15, -0.1) is 0 Å². The molecule has 0 radical (unpaired) electrons. The second kappa shape index (κ2) is 7.59. The normalized spacial score (nSPS) is 31.3. The van der Waals surface area contributed by atoms with Gasteiger partial charge in [-0.05, 0) is 104 Å². The van der Waals surface area contributed by atoms with Crippen LogP contribution in [-0.2, 0) is 21.2 Å². The van der Waals surface area contributed by atoms with Crippen LogP contribution in [0.1, 0.15) is 66.4 Å². The van der Waals surface area contributed by atoms with Gasteiger partial charge in [-0.1, -0.05) is 13.0 Å². The van der Waals surface area contributed by atoms with Crippen molar-refractivity contribution in [3.8, 4) is 5.75 Å². The van der Waals surface area contributed by atoms with E-state index >= 15 is 0 Å². The number of esters is 1. The molecule has 3 aliphatic carbocycles. The summed E-state index contributed by atoms with van der Waals surface area (Å²) in [5.74, 6) is 1.52. The highest BCUT2D eigenvalue weighted by molar-refractivity contribution is 7.89. The lowest BCUT2D eigenvalue weighted by Gasteiger charge is -2.50. The minimum Gasteiger partial charge on any atom is -0.508 e. The van der Waals surface area contributed by atoms with E-state index in [4.69, 9.17) is 9.88 Å². The number of hydrogen-bond donors (Lipinski definition) is 2. The second-order valence-electron chi connectivity index (χ2n) is 9.88. The standard InChI is InChI=1S/C25H29NO5S/c1-25-13-12-20-19-9-5-17(27)14-16(19)4-8-21(20)22(25)10-11-23(25)31-24(28)15-2-6-18(7-3-15)32(26,29)30/h2-3,5-7,9,14,20-23,27H,4,8,10-13H2,1H3,(H2,26,29,30)/t20?,21?,22?,23-,25-/m0/s1. The monoisotopic (exact) mass is 455 g/mol. The number of benzene rings is 2. The molecule has 0 bridgehead atoms. The highest BCUT2D eigenvalue weighted by Gasteiger charge is 2.56. The summed E-state index contributed by atoms with van der Waals surface area (Å²) in [6.07, 6.45) is 5.92. The fourth-order valence-corrected chi connectivity index (χ4v) is 7.21. The number of aromatic hydroxyl groups is 1. The molecule has 0 aliphatic heterocycles. The molecule has 2 saturated carbocycles. The number of fused-ring (bicyclic) bond motifs is 5. The fraction of sp³-hybridized carbons (Fsp3) is 0.480. The van der Waals surface area contributed by atoms with Crippen molar-refractivity contribution in [2.75, 3.05) is 0 Å². The number of phenolic OH excluding ortho intramolecular Hbond substituents is 1. The number of aryl methyl sites for hydroxylation is 1. The first-order valence-corrected chi connectivity index (χ1v) is 12.9. The molecule has 3 aliphatic rings. The van der Waals surface area contributed by atoms with Crippen LogP contribution >= 0.6 is 0 Å². The van der Waals surface area contributed by atoms with E-state index in [1.165, 1.54) is 35.4 Å². The minimum absolute atomic E-state index is 0.0221. The summed E-state index contributed by atoms with van der Waals surface area (Å²) in [6, 6.07) is 11.4. The number of hydrogen-bond acceptors (Lipinski definition) is 5. The molecule has 3 unspecified atom stereocenters. The van der Waals surface area contributed by atoms with Gasteiger partial charge in [0, 0.05) is 5.41 Å². The Hall–Kier alpha value is -2.38. The summed E-state index contributed by atoms with van der Waals surface area (Å²) in [4.78, 5) is 12.8. The van der Waals surface area contributed by atoms with Crippen molar-refractivity contribution in [1.82, 2.24) is 0 Å². The number of sulfonamides is 1. The lowest BCUT2D eigenvalue weighted by Crippen LogP contribution is -2.45. The summed E-state index contributed by atoms with van der Waals surface area (Å²) in [5.41, 5.74) is 2.95. The van der Waals surface area contributed by atoms with Gasteiger partial charge in [-0.3, -0.25) is 0 Å². The number of primary sulfonamides is 1. The Labute approximate surface area is 188 Å². The number of ether oxygens (including phenoxy) is 1. The van der Waals surface area contributed by atoms with Gasteiger partial charge in [0.05, 0.1) is 10.5 Å². The van der Waals surface area contributed by atoms with Crippen LogP contribution in [0.5, 0.6) is 5.75 Å². The zero-order valence-corrected chi connectivity index (χ0v) is 19.0. The average Bonchev–Trinajstić information content (AvgIpc) is 3.09. The SMILES string of the molecule is C[C@]12CCC3c4ccc(O)cc4CCC3C1CC[C@@H]2OC(=O)c1ccc(S(N)(=O)=O)cc1. The van der Waals surface area contributed by atoms with Crippen molar-refractivity contribution < 1.29 is 23.1 Å². The lowest BCUT2D eigenvalue weighted by atomic mass is 9.55. The molecule has 2 fully saturated rings. The number of rotatable bonds is 3. The Morgan fingerprint density at radius 1 is 1.09 bits per heavy atom. The van der Waals surface area contributed by atoms with Gasteiger partial charge in [0.15, 0.2) is 0 Å². The highest BCUT2D eigenvalue weighted by atomic mass is 32.2. The maximum absolute atomic E-state index is 12.8. The first kappa shape index (κ1) is 21.5. The molecule has 0 spiro atoms. The maximum Gasteiger partial charge on any atom is 0.338 e. The molecule has 5 atom stereocenters. The lowest BCUT2D eigenvalue weighted by molar-refractivity contribution is -0.0427. The van der Waals surface area contributed by atoms with E-state index in [0.29, 0.717) is 29.1 Å². The van der Waals surface area contributed by atoms with Crippen LogP contribution in [-0.4, -0.2) is 25.6 Å². The number of phenols is 1. The van der Waals surface area contributed by atoms with E-state index in [9.17, 15) is 18.3 Å². The highest BCUT2D eigenvalue weighted by Crippen LogP contribution is 2.61. The van der Waals surface area contributed by atoms with Gasteiger partial charge >= 0.3 is 5.97 Å². The van der Waals surface area contributed by atoms with Crippen molar-refractivity contribution in [2.24, 2.45) is 22.4 Å². The van der Waals surface area contributed by atoms with Crippen LogP contribution in [0.3, 0.4) is 0 Å². The summed E-state index contributed by atoms with van der Waals surface area (Å²) in [7, 11) is -3.79. The molecule has 6 nitrogen and oxygen atoms in total. The van der Waals surface area contributed by atoms with Crippen LogP contribution in [0.4, 0.5) is 0 Å². The van der Waals surface area contributed by atoms with Crippen LogP contribution in [0.2, 0.25) is 0 Å². The van der Waals surface area contributed by atoms with E-state index in [0.717, 1.165) is 38.5 Å². The average molecular weight is 456 g/mol. The summed E-state index contributed by atoms with van der Waals surface area (Å²) < 4.78 is 28.9. The largest absolute Gasteiger partial charge is 0.508 e. The van der Waals surface area contributed by atoms with Crippen molar-refractivity contribution in [3.63, 3.8) is 0 Å². The molecule has 7 heteroatoms. The predicted molar refractivity (Wildman–Crippen MR) is 120 cm³/mol. The Balaban J connectivity index is 1.33. The second-order valence-corrected chi connectivity index (χ2v) is 11.4. The van der Waals surface area contributed by atoms with Crippen molar-refractivity contribution in [3.05, 3.63) is 59.2 Å². The number of nitrogens with two attached hydrogens (primary N) is 1. The van der Waals surface area contributed by atoms with Gasteiger partial charge < -0.3 is 9.84 Å². The molecule has 5 rings (SSSR count). The Kier molecular flexibility index (Phi) is 5.09. The zero-order chi connectivity index (χ0) is 22.7.